The Morgan fingerprint density at radius 1 is 0.913 bits per heavy atom. The lowest BCUT2D eigenvalue weighted by molar-refractivity contribution is -0.116. The highest BCUT2D eigenvalue weighted by atomic mass is 32.2. The van der Waals surface area contributed by atoms with Gasteiger partial charge < -0.3 is 16.0 Å². The van der Waals surface area contributed by atoms with Crippen molar-refractivity contribution in [3.05, 3.63) is 135 Å². The Morgan fingerprint density at radius 2 is 1.63 bits per heavy atom. The molecule has 0 saturated heterocycles. The molecule has 1 unspecified atom stereocenters. The maximum atomic E-state index is 13.4. The van der Waals surface area contributed by atoms with Crippen molar-refractivity contribution in [1.29, 1.82) is 0 Å². The molecular formula is C35H33N5O4S2. The lowest BCUT2D eigenvalue weighted by Crippen LogP contribution is -2.30. The fourth-order valence-corrected chi connectivity index (χ4v) is 6.38. The van der Waals surface area contributed by atoms with Crippen molar-refractivity contribution in [2.45, 2.75) is 30.4 Å². The van der Waals surface area contributed by atoms with Gasteiger partial charge in [-0.2, -0.15) is 0 Å². The number of para-hydroxylation sites is 1. The first-order valence-electron chi connectivity index (χ1n) is 14.6. The molecule has 0 radical (unpaired) electrons. The molecule has 11 heteroatoms. The first-order valence-corrected chi connectivity index (χ1v) is 16.4. The Labute approximate surface area is 274 Å². The second-order valence-corrected chi connectivity index (χ2v) is 12.6. The van der Waals surface area contributed by atoms with Gasteiger partial charge in [-0.3, -0.25) is 23.9 Å². The van der Waals surface area contributed by atoms with Crippen LogP contribution in [-0.2, 0) is 16.6 Å². The van der Waals surface area contributed by atoms with Crippen molar-refractivity contribution >= 4 is 58.3 Å². The van der Waals surface area contributed by atoms with Crippen molar-refractivity contribution in [2.24, 2.45) is 7.05 Å². The number of nitrogens with one attached hydrogen (secondary N) is 3. The molecule has 9 nitrogen and oxygen atoms in total. The van der Waals surface area contributed by atoms with Crippen LogP contribution in [0.2, 0.25) is 0 Å². The number of amides is 3. The molecule has 2 aromatic heterocycles. The van der Waals surface area contributed by atoms with Gasteiger partial charge in [-0.1, -0.05) is 55.5 Å². The van der Waals surface area contributed by atoms with Gasteiger partial charge in [-0.15, -0.1) is 23.1 Å². The maximum absolute atomic E-state index is 13.4. The zero-order valence-corrected chi connectivity index (χ0v) is 27.2. The van der Waals surface area contributed by atoms with Crippen molar-refractivity contribution in [3.63, 3.8) is 0 Å². The van der Waals surface area contributed by atoms with Gasteiger partial charge in [0.2, 0.25) is 5.91 Å². The minimum absolute atomic E-state index is 0.0968. The van der Waals surface area contributed by atoms with Crippen LogP contribution in [0.1, 0.15) is 34.3 Å². The molecule has 5 rings (SSSR count). The molecule has 0 fully saturated rings. The largest absolute Gasteiger partial charge is 0.321 e. The number of nitrogens with zero attached hydrogens (tertiary/aromatic N) is 2. The van der Waals surface area contributed by atoms with E-state index < -0.39 is 17.1 Å². The highest BCUT2D eigenvalue weighted by Crippen LogP contribution is 2.29. The van der Waals surface area contributed by atoms with E-state index in [1.807, 2.05) is 66.9 Å². The van der Waals surface area contributed by atoms with Gasteiger partial charge in [-0.05, 0) is 73.3 Å². The van der Waals surface area contributed by atoms with Crippen molar-refractivity contribution < 1.29 is 14.4 Å². The van der Waals surface area contributed by atoms with E-state index in [4.69, 9.17) is 0 Å². The van der Waals surface area contributed by atoms with E-state index in [0.717, 1.165) is 9.77 Å². The number of carbonyl (C=O) groups excluding carboxylic acids is 3. The summed E-state index contributed by atoms with van der Waals surface area (Å²) < 4.78 is 3.24. The van der Waals surface area contributed by atoms with Crippen LogP contribution in [0.5, 0.6) is 0 Å². The number of benzene rings is 3. The van der Waals surface area contributed by atoms with Gasteiger partial charge in [0, 0.05) is 28.1 Å². The molecule has 1 atom stereocenters. The fourth-order valence-electron chi connectivity index (χ4n) is 4.71. The smallest absolute Gasteiger partial charge is 0.295 e. The molecule has 2 heterocycles. The second-order valence-electron chi connectivity index (χ2n) is 10.3. The Balaban J connectivity index is 1.30. The van der Waals surface area contributed by atoms with Crippen molar-refractivity contribution in [2.75, 3.05) is 10.6 Å². The summed E-state index contributed by atoms with van der Waals surface area (Å²) in [4.78, 5) is 54.6. The molecule has 0 aliphatic carbocycles. The summed E-state index contributed by atoms with van der Waals surface area (Å²) in [7, 11) is 1.78. The lowest BCUT2D eigenvalue weighted by Gasteiger charge is -2.15. The van der Waals surface area contributed by atoms with Gasteiger partial charge in [0.25, 0.3) is 17.4 Å². The van der Waals surface area contributed by atoms with Gasteiger partial charge in [0.1, 0.15) is 11.4 Å². The highest BCUT2D eigenvalue weighted by Gasteiger charge is 2.24. The molecule has 0 spiro atoms. The summed E-state index contributed by atoms with van der Waals surface area (Å²) in [5, 5.41) is 9.86. The number of hydrogen-bond acceptors (Lipinski definition) is 6. The SMILES string of the molecule is CCC(Sc1cccc(NC(=O)/C(=C/c2cccs2)NC(=O)c2ccccc2)c1)C(=O)Nc1c(C)n(C)n(-c2ccccc2)c1=O. The van der Waals surface area contributed by atoms with E-state index in [9.17, 15) is 19.2 Å². The zero-order valence-electron chi connectivity index (χ0n) is 25.5. The number of thioether (sulfide) groups is 1. The first-order chi connectivity index (χ1) is 22.2. The summed E-state index contributed by atoms with van der Waals surface area (Å²) in [5.74, 6) is -1.18. The van der Waals surface area contributed by atoms with Crippen LogP contribution in [0, 0.1) is 6.92 Å². The quantitative estimate of drug-likeness (QED) is 0.112. The van der Waals surface area contributed by atoms with E-state index >= 15 is 0 Å². The summed E-state index contributed by atoms with van der Waals surface area (Å²) >= 11 is 2.78. The molecule has 46 heavy (non-hydrogen) atoms. The molecule has 3 amide bonds. The molecule has 0 aliphatic rings. The second kappa shape index (κ2) is 14.8. The number of aromatic nitrogens is 2. The minimum Gasteiger partial charge on any atom is -0.321 e. The average Bonchev–Trinajstić information content (AvgIpc) is 3.66. The van der Waals surface area contributed by atoms with Crippen LogP contribution in [0.4, 0.5) is 11.4 Å². The van der Waals surface area contributed by atoms with Crippen LogP contribution < -0.4 is 21.5 Å². The topological polar surface area (TPSA) is 114 Å². The summed E-state index contributed by atoms with van der Waals surface area (Å²) in [6.45, 7) is 3.69. The maximum Gasteiger partial charge on any atom is 0.295 e. The number of rotatable bonds is 11. The minimum atomic E-state index is -0.505. The number of thiophene rings is 1. The van der Waals surface area contributed by atoms with Gasteiger partial charge >= 0.3 is 0 Å². The van der Waals surface area contributed by atoms with Gasteiger partial charge in [-0.25, -0.2) is 4.68 Å². The first kappa shape index (κ1) is 32.3. The predicted octanol–water partition coefficient (Wildman–Crippen LogP) is 6.46. The van der Waals surface area contributed by atoms with Gasteiger partial charge in [0.05, 0.1) is 16.6 Å². The number of hydrogen-bond donors (Lipinski definition) is 3. The predicted molar refractivity (Wildman–Crippen MR) is 186 cm³/mol. The molecule has 3 aromatic carbocycles. The third-order valence-corrected chi connectivity index (χ3v) is 9.37. The van der Waals surface area contributed by atoms with Crippen molar-refractivity contribution in [3.8, 4) is 5.69 Å². The Hall–Kier alpha value is -5.13. The molecule has 0 bridgehead atoms. The number of carbonyl (C=O) groups is 3. The fraction of sp³-hybridized carbons (Fsp3) is 0.143. The third kappa shape index (κ3) is 7.56. The molecule has 234 valence electrons. The van der Waals surface area contributed by atoms with E-state index in [0.29, 0.717) is 29.1 Å². The van der Waals surface area contributed by atoms with E-state index in [2.05, 4.69) is 16.0 Å². The molecule has 3 N–H and O–H groups in total. The van der Waals surface area contributed by atoms with Crippen LogP contribution in [0.15, 0.2) is 118 Å². The van der Waals surface area contributed by atoms with Crippen LogP contribution >= 0.6 is 23.1 Å². The Bertz CT molecular complexity index is 1930. The standard InChI is InChI=1S/C35H33N5O4S2/c1-4-30(34(43)38-31-23(2)39(3)40(35(31)44)26-16-9-6-10-17-26)46-28-18-11-15-25(21-28)36-33(42)29(22-27-19-12-20-45-27)37-32(41)24-13-7-5-8-14-24/h5-22,30H,4H2,1-3H3,(H,36,42)(H,37,41)(H,38,43)/b29-22-. The summed E-state index contributed by atoms with van der Waals surface area (Å²) in [6, 6.07) is 28.8. The lowest BCUT2D eigenvalue weighted by atomic mass is 10.2. The Kier molecular flexibility index (Phi) is 10.4. The molecule has 0 saturated carbocycles. The molecular weight excluding hydrogens is 619 g/mol. The summed E-state index contributed by atoms with van der Waals surface area (Å²) in [6.07, 6.45) is 2.14. The van der Waals surface area contributed by atoms with E-state index in [1.165, 1.54) is 27.8 Å². The van der Waals surface area contributed by atoms with Crippen LogP contribution in [-0.4, -0.2) is 32.3 Å². The Morgan fingerprint density at radius 3 is 2.30 bits per heavy atom. The average molecular weight is 652 g/mol. The van der Waals surface area contributed by atoms with Gasteiger partial charge in [0.15, 0.2) is 0 Å². The molecule has 5 aromatic rings. The normalized spacial score (nSPS) is 11.9. The van der Waals surface area contributed by atoms with Crippen LogP contribution in [0.25, 0.3) is 11.8 Å². The van der Waals surface area contributed by atoms with Crippen molar-refractivity contribution in [1.82, 2.24) is 14.7 Å². The third-order valence-electron chi connectivity index (χ3n) is 7.19. The monoisotopic (exact) mass is 651 g/mol. The molecule has 0 aliphatic heterocycles. The zero-order chi connectivity index (χ0) is 32.6. The van der Waals surface area contributed by atoms with E-state index in [-0.39, 0.29) is 22.9 Å². The highest BCUT2D eigenvalue weighted by molar-refractivity contribution is 8.00. The number of anilines is 2. The van der Waals surface area contributed by atoms with E-state index in [1.54, 1.807) is 67.2 Å². The van der Waals surface area contributed by atoms with Crippen LogP contribution in [0.3, 0.4) is 0 Å². The summed E-state index contributed by atoms with van der Waals surface area (Å²) in [5.41, 5.74) is 2.29.